The number of nitrogens with zero attached hydrogens (tertiary/aromatic N) is 3. The van der Waals surface area contributed by atoms with Crippen LogP contribution in [0.5, 0.6) is 0 Å². The van der Waals surface area contributed by atoms with E-state index in [-0.39, 0.29) is 5.56 Å². The Labute approximate surface area is 153 Å². The number of hydrogen-bond acceptors (Lipinski definition) is 3. The molecule has 1 aliphatic heterocycles. The first-order chi connectivity index (χ1) is 12.2. The van der Waals surface area contributed by atoms with Gasteiger partial charge in [-0.2, -0.15) is 0 Å². The number of rotatable bonds is 4. The van der Waals surface area contributed by atoms with Crippen LogP contribution in [0.2, 0.25) is 5.02 Å². The number of aromatic nitrogens is 2. The van der Waals surface area contributed by atoms with E-state index >= 15 is 0 Å². The lowest BCUT2D eigenvalue weighted by Gasteiger charge is -2.36. The van der Waals surface area contributed by atoms with E-state index < -0.39 is 0 Å². The van der Waals surface area contributed by atoms with Crippen LogP contribution in [0.1, 0.15) is 44.9 Å². The first-order valence-corrected chi connectivity index (χ1v) is 9.97. The second-order valence-electron chi connectivity index (χ2n) is 7.61. The molecule has 0 unspecified atom stereocenters. The summed E-state index contributed by atoms with van der Waals surface area (Å²) in [4.78, 5) is 19.7. The van der Waals surface area contributed by atoms with Gasteiger partial charge in [0.15, 0.2) is 0 Å². The Morgan fingerprint density at radius 1 is 1.12 bits per heavy atom. The van der Waals surface area contributed by atoms with Gasteiger partial charge >= 0.3 is 0 Å². The average Bonchev–Trinajstić information content (AvgIpc) is 3.16. The summed E-state index contributed by atoms with van der Waals surface area (Å²) in [7, 11) is 0. The minimum absolute atomic E-state index is 0.0464. The molecule has 0 N–H and O–H groups in total. The van der Waals surface area contributed by atoms with Crippen molar-refractivity contribution in [3.05, 3.63) is 39.9 Å². The van der Waals surface area contributed by atoms with Crippen LogP contribution in [0, 0.1) is 5.92 Å². The fraction of sp³-hybridized carbons (Fsp3) is 0.600. The van der Waals surface area contributed by atoms with Gasteiger partial charge in [-0.25, -0.2) is 4.98 Å². The maximum Gasteiger partial charge on any atom is 0.261 e. The number of hydrogen-bond donors (Lipinski definition) is 0. The van der Waals surface area contributed by atoms with Gasteiger partial charge in [0.25, 0.3) is 5.56 Å². The lowest BCUT2D eigenvalue weighted by molar-refractivity contribution is 0.129. The maximum absolute atomic E-state index is 12.6. The van der Waals surface area contributed by atoms with Gasteiger partial charge in [0.1, 0.15) is 0 Å². The molecule has 4 rings (SSSR count). The standard InChI is InChI=1S/C20H26ClN3O/c21-16-5-6-18-19(13-16)22-14-24(20(18)25)12-9-15-7-10-23(11-8-15)17-3-1-2-4-17/h5-6,13-15,17H,1-4,7-12H2. The Morgan fingerprint density at radius 2 is 1.88 bits per heavy atom. The Balaban J connectivity index is 1.36. The van der Waals surface area contributed by atoms with E-state index in [0.29, 0.717) is 15.9 Å². The molecule has 0 amide bonds. The first kappa shape index (κ1) is 17.0. The molecule has 1 aromatic carbocycles. The zero-order valence-electron chi connectivity index (χ0n) is 14.7. The first-order valence-electron chi connectivity index (χ1n) is 9.59. The van der Waals surface area contributed by atoms with Gasteiger partial charge < -0.3 is 4.90 Å². The van der Waals surface area contributed by atoms with Crippen LogP contribution in [-0.4, -0.2) is 33.6 Å². The number of halogens is 1. The van der Waals surface area contributed by atoms with Crippen LogP contribution < -0.4 is 5.56 Å². The molecule has 134 valence electrons. The van der Waals surface area contributed by atoms with E-state index in [1.54, 1.807) is 29.1 Å². The number of piperidine rings is 1. The van der Waals surface area contributed by atoms with Gasteiger partial charge in [0.05, 0.1) is 17.2 Å². The lowest BCUT2D eigenvalue weighted by atomic mass is 9.92. The van der Waals surface area contributed by atoms with E-state index in [1.807, 2.05) is 0 Å². The molecule has 0 spiro atoms. The lowest BCUT2D eigenvalue weighted by Crippen LogP contribution is -2.40. The fourth-order valence-electron chi connectivity index (χ4n) is 4.49. The van der Waals surface area contributed by atoms with Crippen LogP contribution in [0.4, 0.5) is 0 Å². The zero-order valence-corrected chi connectivity index (χ0v) is 15.4. The molecule has 2 fully saturated rings. The summed E-state index contributed by atoms with van der Waals surface area (Å²) >= 11 is 5.98. The van der Waals surface area contributed by atoms with Crippen LogP contribution in [0.3, 0.4) is 0 Å². The van der Waals surface area contributed by atoms with Crippen molar-refractivity contribution in [1.82, 2.24) is 14.5 Å². The summed E-state index contributed by atoms with van der Waals surface area (Å²) in [6, 6.07) is 6.14. The van der Waals surface area contributed by atoms with Gasteiger partial charge in [0, 0.05) is 17.6 Å². The van der Waals surface area contributed by atoms with Crippen molar-refractivity contribution < 1.29 is 0 Å². The van der Waals surface area contributed by atoms with Crippen molar-refractivity contribution >= 4 is 22.5 Å². The Hall–Kier alpha value is -1.39. The molecular weight excluding hydrogens is 334 g/mol. The van der Waals surface area contributed by atoms with Crippen LogP contribution in [0.25, 0.3) is 10.9 Å². The second kappa shape index (κ2) is 7.46. The van der Waals surface area contributed by atoms with Crippen molar-refractivity contribution in [2.45, 2.75) is 57.5 Å². The van der Waals surface area contributed by atoms with Crippen molar-refractivity contribution in [1.29, 1.82) is 0 Å². The number of likely N-dealkylation sites (tertiary alicyclic amines) is 1. The number of benzene rings is 1. The average molecular weight is 360 g/mol. The van der Waals surface area contributed by atoms with E-state index in [4.69, 9.17) is 11.6 Å². The molecule has 1 aliphatic carbocycles. The molecule has 2 aliphatic rings. The largest absolute Gasteiger partial charge is 0.300 e. The zero-order chi connectivity index (χ0) is 17.2. The third-order valence-electron chi connectivity index (χ3n) is 6.06. The fourth-order valence-corrected chi connectivity index (χ4v) is 4.65. The molecule has 0 bridgehead atoms. The summed E-state index contributed by atoms with van der Waals surface area (Å²) in [6.45, 7) is 3.23. The highest BCUT2D eigenvalue weighted by molar-refractivity contribution is 6.31. The number of fused-ring (bicyclic) bond motifs is 1. The normalized spacial score (nSPS) is 20.5. The molecule has 1 aromatic heterocycles. The monoisotopic (exact) mass is 359 g/mol. The highest BCUT2D eigenvalue weighted by atomic mass is 35.5. The minimum Gasteiger partial charge on any atom is -0.300 e. The summed E-state index contributed by atoms with van der Waals surface area (Å²) in [6.07, 6.45) is 10.9. The van der Waals surface area contributed by atoms with E-state index in [2.05, 4.69) is 9.88 Å². The maximum atomic E-state index is 12.6. The van der Waals surface area contributed by atoms with Crippen LogP contribution >= 0.6 is 11.6 Å². The van der Waals surface area contributed by atoms with Gasteiger partial charge in [-0.3, -0.25) is 9.36 Å². The Kier molecular flexibility index (Phi) is 5.09. The van der Waals surface area contributed by atoms with Gasteiger partial charge in [0.2, 0.25) is 0 Å². The molecule has 25 heavy (non-hydrogen) atoms. The Bertz CT molecular complexity index is 789. The molecule has 2 heterocycles. The second-order valence-corrected chi connectivity index (χ2v) is 8.05. The van der Waals surface area contributed by atoms with Gasteiger partial charge in [-0.1, -0.05) is 24.4 Å². The van der Waals surface area contributed by atoms with Crippen LogP contribution in [0.15, 0.2) is 29.3 Å². The van der Waals surface area contributed by atoms with Crippen molar-refractivity contribution in [2.75, 3.05) is 13.1 Å². The van der Waals surface area contributed by atoms with E-state index in [0.717, 1.165) is 24.9 Å². The van der Waals surface area contributed by atoms with Crippen molar-refractivity contribution in [2.24, 2.45) is 5.92 Å². The van der Waals surface area contributed by atoms with Gasteiger partial charge in [-0.15, -0.1) is 0 Å². The molecule has 4 nitrogen and oxygen atoms in total. The van der Waals surface area contributed by atoms with E-state index in [9.17, 15) is 4.79 Å². The summed E-state index contributed by atoms with van der Waals surface area (Å²) in [5.41, 5.74) is 0.726. The van der Waals surface area contributed by atoms with Crippen molar-refractivity contribution in [3.63, 3.8) is 0 Å². The van der Waals surface area contributed by atoms with Crippen molar-refractivity contribution in [3.8, 4) is 0 Å². The summed E-state index contributed by atoms with van der Waals surface area (Å²) in [5.74, 6) is 0.727. The summed E-state index contributed by atoms with van der Waals surface area (Å²) in [5, 5.41) is 1.27. The quantitative estimate of drug-likeness (QED) is 0.825. The van der Waals surface area contributed by atoms with E-state index in [1.165, 1.54) is 51.6 Å². The predicted molar refractivity (Wildman–Crippen MR) is 102 cm³/mol. The summed E-state index contributed by atoms with van der Waals surface area (Å²) < 4.78 is 1.76. The molecular formula is C20H26ClN3O. The molecule has 0 atom stereocenters. The highest BCUT2D eigenvalue weighted by Gasteiger charge is 2.26. The smallest absolute Gasteiger partial charge is 0.261 e. The third kappa shape index (κ3) is 3.75. The van der Waals surface area contributed by atoms with Gasteiger partial charge in [-0.05, 0) is 69.3 Å². The third-order valence-corrected chi connectivity index (χ3v) is 6.29. The SMILES string of the molecule is O=c1c2ccc(Cl)cc2ncn1CCC1CCN(C2CCCC2)CC1. The molecule has 1 saturated heterocycles. The molecule has 5 heteroatoms. The highest BCUT2D eigenvalue weighted by Crippen LogP contribution is 2.29. The Morgan fingerprint density at radius 3 is 2.64 bits per heavy atom. The number of aryl methyl sites for hydroxylation is 1. The minimum atomic E-state index is 0.0464. The molecule has 0 radical (unpaired) electrons. The predicted octanol–water partition coefficient (Wildman–Crippen LogP) is 4.09. The molecule has 2 aromatic rings. The van der Waals surface area contributed by atoms with Crippen LogP contribution in [-0.2, 0) is 6.54 Å². The topological polar surface area (TPSA) is 38.1 Å². The molecule has 1 saturated carbocycles.